The van der Waals surface area contributed by atoms with Crippen LogP contribution in [-0.4, -0.2) is 33.7 Å². The normalized spacial score (nSPS) is 16.4. The Hall–Kier alpha value is -0.920. The van der Waals surface area contributed by atoms with E-state index < -0.39 is 0 Å². The minimum atomic E-state index is -0.218. The zero-order valence-corrected chi connectivity index (χ0v) is 12.3. The average Bonchev–Trinajstić information content (AvgIpc) is 2.61. The van der Waals surface area contributed by atoms with Gasteiger partial charge in [0.05, 0.1) is 6.20 Å². The number of hydrogen-bond acceptors (Lipinski definition) is 3. The van der Waals surface area contributed by atoms with E-state index in [9.17, 15) is 9.59 Å². The zero-order chi connectivity index (χ0) is 13.0. The van der Waals surface area contributed by atoms with Crippen molar-refractivity contribution in [3.63, 3.8) is 0 Å². The molecule has 0 bridgehead atoms. The first kappa shape index (κ1) is 13.5. The third kappa shape index (κ3) is 3.54. The fourth-order valence-corrected chi connectivity index (χ4v) is 2.47. The number of aromatic nitrogens is 2. The van der Waals surface area contributed by atoms with Gasteiger partial charge in [-0.3, -0.25) is 9.59 Å². The summed E-state index contributed by atoms with van der Waals surface area (Å²) < 4.78 is 2.02. The Morgan fingerprint density at radius 2 is 1.94 bits per heavy atom. The summed E-state index contributed by atoms with van der Waals surface area (Å²) in [5, 5.41) is 3.99. The highest BCUT2D eigenvalue weighted by Crippen LogP contribution is 2.09. The lowest BCUT2D eigenvalue weighted by atomic mass is 10.2. The van der Waals surface area contributed by atoms with Gasteiger partial charge in [0.2, 0.25) is 5.91 Å². The molecule has 0 aliphatic carbocycles. The highest BCUT2D eigenvalue weighted by atomic mass is 127. The molecule has 0 unspecified atom stereocenters. The lowest BCUT2D eigenvalue weighted by Crippen LogP contribution is -2.37. The summed E-state index contributed by atoms with van der Waals surface area (Å²) in [5.41, 5.74) is -0.218. The van der Waals surface area contributed by atoms with Crippen molar-refractivity contribution in [2.75, 3.05) is 13.1 Å². The molecule has 98 valence electrons. The molecular formula is C12H16IN3O2. The Morgan fingerprint density at radius 1 is 1.28 bits per heavy atom. The summed E-state index contributed by atoms with van der Waals surface area (Å²) in [6.45, 7) is 1.66. The summed E-state index contributed by atoms with van der Waals surface area (Å²) >= 11 is 2.03. The van der Waals surface area contributed by atoms with Gasteiger partial charge in [-0.25, -0.2) is 4.68 Å². The van der Waals surface area contributed by atoms with E-state index in [0.29, 0.717) is 0 Å². The van der Waals surface area contributed by atoms with E-state index in [1.807, 2.05) is 27.5 Å². The van der Waals surface area contributed by atoms with Gasteiger partial charge in [0.1, 0.15) is 6.54 Å². The number of nitrogens with zero attached hydrogens (tertiary/aromatic N) is 3. The molecular weight excluding hydrogens is 345 g/mol. The maximum absolute atomic E-state index is 12.1. The fraction of sp³-hybridized carbons (Fsp3) is 0.583. The van der Waals surface area contributed by atoms with Crippen molar-refractivity contribution in [2.45, 2.75) is 32.2 Å². The molecule has 2 rings (SSSR count). The number of rotatable bonds is 2. The van der Waals surface area contributed by atoms with Crippen molar-refractivity contribution >= 4 is 28.5 Å². The maximum atomic E-state index is 12.1. The first-order valence-electron chi connectivity index (χ1n) is 6.17. The number of amides is 1. The van der Waals surface area contributed by atoms with Crippen molar-refractivity contribution in [1.82, 2.24) is 14.7 Å². The van der Waals surface area contributed by atoms with Gasteiger partial charge in [0.25, 0.3) is 5.56 Å². The summed E-state index contributed by atoms with van der Waals surface area (Å²) in [6, 6.07) is 1.49. The Bertz CT molecular complexity index is 478. The fourth-order valence-electron chi connectivity index (χ4n) is 2.08. The number of carbonyl (C=O) groups excluding carboxylic acids is 1. The van der Waals surface area contributed by atoms with Crippen LogP contribution in [0.2, 0.25) is 0 Å². The highest BCUT2D eigenvalue weighted by molar-refractivity contribution is 14.1. The van der Waals surface area contributed by atoms with Crippen LogP contribution in [0.4, 0.5) is 0 Å². The first-order valence-corrected chi connectivity index (χ1v) is 7.25. The van der Waals surface area contributed by atoms with Crippen LogP contribution >= 0.6 is 22.6 Å². The van der Waals surface area contributed by atoms with Crippen LogP contribution in [0.5, 0.6) is 0 Å². The monoisotopic (exact) mass is 361 g/mol. The third-order valence-corrected chi connectivity index (χ3v) is 3.67. The molecule has 6 heteroatoms. The second-order valence-electron chi connectivity index (χ2n) is 4.46. The van der Waals surface area contributed by atoms with Gasteiger partial charge >= 0.3 is 0 Å². The molecule has 1 aliphatic rings. The maximum Gasteiger partial charge on any atom is 0.268 e. The first-order chi connectivity index (χ1) is 8.66. The molecule has 1 aromatic heterocycles. The Balaban J connectivity index is 2.03. The molecule has 5 nitrogen and oxygen atoms in total. The van der Waals surface area contributed by atoms with Gasteiger partial charge in [-0.2, -0.15) is 5.10 Å². The van der Waals surface area contributed by atoms with Gasteiger partial charge < -0.3 is 4.90 Å². The second-order valence-corrected chi connectivity index (χ2v) is 5.71. The predicted octanol–water partition coefficient (Wildman–Crippen LogP) is 1.25. The number of halogens is 1. The van der Waals surface area contributed by atoms with Crippen molar-refractivity contribution in [3.8, 4) is 0 Å². The van der Waals surface area contributed by atoms with Crippen LogP contribution in [0, 0.1) is 3.57 Å². The lowest BCUT2D eigenvalue weighted by molar-refractivity contribution is -0.132. The van der Waals surface area contributed by atoms with E-state index in [2.05, 4.69) is 5.10 Å². The summed E-state index contributed by atoms with van der Waals surface area (Å²) in [6.07, 6.45) is 6.08. The van der Waals surface area contributed by atoms with Gasteiger partial charge in [0.15, 0.2) is 0 Å². The van der Waals surface area contributed by atoms with Gasteiger partial charge in [-0.1, -0.05) is 12.8 Å². The van der Waals surface area contributed by atoms with E-state index >= 15 is 0 Å². The molecule has 0 spiro atoms. The van der Waals surface area contributed by atoms with Crippen LogP contribution in [-0.2, 0) is 11.3 Å². The van der Waals surface area contributed by atoms with E-state index in [4.69, 9.17) is 0 Å². The van der Waals surface area contributed by atoms with E-state index in [0.717, 1.165) is 29.5 Å². The van der Waals surface area contributed by atoms with Crippen LogP contribution in [0.25, 0.3) is 0 Å². The average molecular weight is 361 g/mol. The largest absolute Gasteiger partial charge is 0.341 e. The zero-order valence-electron chi connectivity index (χ0n) is 10.1. The molecule has 1 amide bonds. The summed E-state index contributed by atoms with van der Waals surface area (Å²) in [4.78, 5) is 25.6. The molecule has 0 N–H and O–H groups in total. The van der Waals surface area contributed by atoms with Gasteiger partial charge in [-0.05, 0) is 35.4 Å². The van der Waals surface area contributed by atoms with E-state index in [-0.39, 0.29) is 18.0 Å². The van der Waals surface area contributed by atoms with Gasteiger partial charge in [0, 0.05) is 22.7 Å². The highest BCUT2D eigenvalue weighted by Gasteiger charge is 2.16. The second kappa shape index (κ2) is 6.31. The van der Waals surface area contributed by atoms with Crippen LogP contribution in [0.15, 0.2) is 17.1 Å². The SMILES string of the molecule is O=C(Cn1ncc(I)cc1=O)N1CCCCCC1. The predicted molar refractivity (Wildman–Crippen MR) is 76.3 cm³/mol. The van der Waals surface area contributed by atoms with Crippen molar-refractivity contribution in [1.29, 1.82) is 0 Å². The topological polar surface area (TPSA) is 55.2 Å². The van der Waals surface area contributed by atoms with E-state index in [1.165, 1.54) is 23.6 Å². The molecule has 1 aliphatic heterocycles. The van der Waals surface area contributed by atoms with Crippen molar-refractivity contribution < 1.29 is 4.79 Å². The minimum absolute atomic E-state index is 0.00675. The smallest absolute Gasteiger partial charge is 0.268 e. The van der Waals surface area contributed by atoms with Crippen molar-refractivity contribution in [2.24, 2.45) is 0 Å². The summed E-state index contributed by atoms with van der Waals surface area (Å²) in [7, 11) is 0. The minimum Gasteiger partial charge on any atom is -0.341 e. The molecule has 18 heavy (non-hydrogen) atoms. The van der Waals surface area contributed by atoms with E-state index in [1.54, 1.807) is 6.20 Å². The van der Waals surface area contributed by atoms with Crippen LogP contribution in [0.3, 0.4) is 0 Å². The Kier molecular flexibility index (Phi) is 4.73. The molecule has 1 aromatic rings. The van der Waals surface area contributed by atoms with Gasteiger partial charge in [-0.15, -0.1) is 0 Å². The molecule has 2 heterocycles. The van der Waals surface area contributed by atoms with Crippen LogP contribution in [0.1, 0.15) is 25.7 Å². The van der Waals surface area contributed by atoms with Crippen molar-refractivity contribution in [3.05, 3.63) is 26.2 Å². The molecule has 0 atom stereocenters. The molecule has 1 fully saturated rings. The lowest BCUT2D eigenvalue weighted by Gasteiger charge is -2.20. The molecule has 0 saturated carbocycles. The molecule has 0 radical (unpaired) electrons. The summed E-state index contributed by atoms with van der Waals surface area (Å²) in [5.74, 6) is -0.00675. The van der Waals surface area contributed by atoms with Crippen LogP contribution < -0.4 is 5.56 Å². The number of likely N-dealkylation sites (tertiary alicyclic amines) is 1. The Labute approximate surface area is 119 Å². The molecule has 0 aromatic carbocycles. The number of hydrogen-bond donors (Lipinski definition) is 0. The molecule has 1 saturated heterocycles. The standard InChI is InChI=1S/C12H16IN3O2/c13-10-7-11(17)16(14-8-10)9-12(18)15-5-3-1-2-4-6-15/h7-8H,1-6,9H2. The number of carbonyl (C=O) groups is 1. The Morgan fingerprint density at radius 3 is 2.56 bits per heavy atom. The quantitative estimate of drug-likeness (QED) is 0.746. The third-order valence-electron chi connectivity index (χ3n) is 3.08.